The van der Waals surface area contributed by atoms with Crippen LogP contribution in [-0.2, 0) is 19.5 Å². The van der Waals surface area contributed by atoms with Gasteiger partial charge in [0.15, 0.2) is 0 Å². The van der Waals surface area contributed by atoms with Gasteiger partial charge in [-0.1, -0.05) is 25.8 Å². The van der Waals surface area contributed by atoms with Crippen LogP contribution in [0.4, 0.5) is 0 Å². The predicted molar refractivity (Wildman–Crippen MR) is 114 cm³/mol. The third kappa shape index (κ3) is 4.60. The number of aryl methyl sites for hydroxylation is 1. The number of rotatable bonds is 9. The Morgan fingerprint density at radius 1 is 1.23 bits per heavy atom. The maximum absolute atomic E-state index is 12.7. The molecule has 1 aliphatic rings. The number of quaternary nitrogens is 1. The zero-order chi connectivity index (χ0) is 20.9. The first kappa shape index (κ1) is 20.7. The normalized spacial score (nSPS) is 15.8. The monoisotopic (exact) mass is 411 g/mol. The van der Waals surface area contributed by atoms with E-state index in [1.165, 1.54) is 23.3 Å². The van der Waals surface area contributed by atoms with Gasteiger partial charge in [0.2, 0.25) is 5.82 Å². The Kier molecular flexibility index (Phi) is 6.54. The number of pyridine rings is 1. The van der Waals surface area contributed by atoms with Gasteiger partial charge in [0.05, 0.1) is 18.2 Å². The summed E-state index contributed by atoms with van der Waals surface area (Å²) in [6, 6.07) is 8.56. The summed E-state index contributed by atoms with van der Waals surface area (Å²) in [5, 5.41) is 22.9. The van der Waals surface area contributed by atoms with Crippen LogP contribution in [0.5, 0.6) is 0 Å². The van der Waals surface area contributed by atoms with Crippen LogP contribution in [0.2, 0.25) is 0 Å². The number of hydrogen-bond donors (Lipinski definition) is 3. The number of aromatic amines is 1. The molecule has 3 aromatic rings. The van der Waals surface area contributed by atoms with E-state index in [0.29, 0.717) is 25.6 Å². The van der Waals surface area contributed by atoms with E-state index in [2.05, 4.69) is 39.6 Å². The highest BCUT2D eigenvalue weighted by Crippen LogP contribution is 2.28. The zero-order valence-corrected chi connectivity index (χ0v) is 17.6. The molecule has 0 amide bonds. The van der Waals surface area contributed by atoms with Gasteiger partial charge >= 0.3 is 0 Å². The smallest absolute Gasteiger partial charge is 0.257 e. The maximum Gasteiger partial charge on any atom is 0.257 e. The molecule has 8 nitrogen and oxygen atoms in total. The number of aliphatic hydroxyl groups excluding tert-OH is 1. The first-order valence-electron chi connectivity index (χ1n) is 11.0. The standard InChI is InChI=1S/C22H30N6O2/c1-2-16-8-9-20-17(12-16)13-18(22(30)23-20)14-27(10-5-11-29)15-21-24-25-26-28(21)19-6-3-4-7-19/h8-9,12-13,19,29H,2-7,10-11,14-15H2,1H3,(H,23,30)/p+1. The van der Waals surface area contributed by atoms with Crippen LogP contribution in [0.15, 0.2) is 29.1 Å². The average molecular weight is 412 g/mol. The van der Waals surface area contributed by atoms with Crippen LogP contribution < -0.4 is 10.5 Å². The number of fused-ring (bicyclic) bond motifs is 1. The molecule has 1 saturated carbocycles. The average Bonchev–Trinajstić information content (AvgIpc) is 3.44. The SMILES string of the molecule is CCc1ccc2[nH]c(=O)c(C[NH+](CCCO)Cc3nnnn3C3CCCC3)cc2c1. The van der Waals surface area contributed by atoms with Crippen LogP contribution in [0.3, 0.4) is 0 Å². The lowest BCUT2D eigenvalue weighted by Crippen LogP contribution is -3.09. The van der Waals surface area contributed by atoms with Crippen molar-refractivity contribution in [3.63, 3.8) is 0 Å². The second-order valence-electron chi connectivity index (χ2n) is 8.31. The molecule has 0 saturated heterocycles. The summed E-state index contributed by atoms with van der Waals surface area (Å²) in [6.07, 6.45) is 6.31. The fourth-order valence-electron chi connectivity index (χ4n) is 4.47. The van der Waals surface area contributed by atoms with Crippen molar-refractivity contribution >= 4 is 10.9 Å². The fraction of sp³-hybridized carbons (Fsp3) is 0.545. The minimum atomic E-state index is -0.0522. The van der Waals surface area contributed by atoms with Crippen LogP contribution in [0.25, 0.3) is 10.9 Å². The summed E-state index contributed by atoms with van der Waals surface area (Å²) < 4.78 is 1.98. The molecule has 0 radical (unpaired) electrons. The number of nitrogens with one attached hydrogen (secondary N) is 2. The summed E-state index contributed by atoms with van der Waals surface area (Å²) in [5.41, 5.74) is 2.82. The molecule has 2 aromatic heterocycles. The van der Waals surface area contributed by atoms with Gasteiger partial charge in [0, 0.05) is 18.5 Å². The van der Waals surface area contributed by atoms with Gasteiger partial charge in [-0.2, -0.15) is 0 Å². The number of aromatic nitrogens is 5. The number of tetrazole rings is 1. The molecule has 0 spiro atoms. The van der Waals surface area contributed by atoms with E-state index in [1.54, 1.807) is 0 Å². The highest BCUT2D eigenvalue weighted by atomic mass is 16.3. The molecule has 2 heterocycles. The number of aliphatic hydroxyl groups is 1. The van der Waals surface area contributed by atoms with Crippen molar-refractivity contribution in [2.45, 2.75) is 64.6 Å². The van der Waals surface area contributed by atoms with Crippen LogP contribution in [-0.4, -0.2) is 43.4 Å². The highest BCUT2D eigenvalue weighted by Gasteiger charge is 2.24. The predicted octanol–water partition coefficient (Wildman–Crippen LogP) is 1.16. The molecule has 0 bridgehead atoms. The van der Waals surface area contributed by atoms with Crippen molar-refractivity contribution in [3.05, 3.63) is 51.6 Å². The molecule has 30 heavy (non-hydrogen) atoms. The minimum Gasteiger partial charge on any atom is -0.396 e. The topological polar surface area (TPSA) is 101 Å². The maximum atomic E-state index is 12.7. The van der Waals surface area contributed by atoms with Crippen molar-refractivity contribution in [2.75, 3.05) is 13.2 Å². The van der Waals surface area contributed by atoms with E-state index in [1.807, 2.05) is 16.8 Å². The molecule has 4 rings (SSSR count). The fourth-order valence-corrected chi connectivity index (χ4v) is 4.47. The Balaban J connectivity index is 1.58. The molecule has 1 fully saturated rings. The zero-order valence-electron chi connectivity index (χ0n) is 17.6. The van der Waals surface area contributed by atoms with Gasteiger partial charge < -0.3 is 15.0 Å². The molecule has 1 atom stereocenters. The Morgan fingerprint density at radius 2 is 2.07 bits per heavy atom. The first-order valence-corrected chi connectivity index (χ1v) is 11.0. The summed E-state index contributed by atoms with van der Waals surface area (Å²) in [5.74, 6) is 0.861. The van der Waals surface area contributed by atoms with E-state index in [9.17, 15) is 9.90 Å². The third-order valence-electron chi connectivity index (χ3n) is 6.16. The Morgan fingerprint density at radius 3 is 2.83 bits per heavy atom. The lowest BCUT2D eigenvalue weighted by atomic mass is 10.1. The molecular formula is C22H31N6O2+. The number of H-pyrrole nitrogens is 1. The number of hydrogen-bond acceptors (Lipinski definition) is 5. The molecule has 0 aliphatic heterocycles. The van der Waals surface area contributed by atoms with E-state index in [-0.39, 0.29) is 12.2 Å². The van der Waals surface area contributed by atoms with Gasteiger partial charge in [-0.3, -0.25) is 4.79 Å². The molecule has 1 aromatic carbocycles. The van der Waals surface area contributed by atoms with Crippen molar-refractivity contribution in [1.29, 1.82) is 0 Å². The van der Waals surface area contributed by atoms with Gasteiger partial charge in [-0.05, 0) is 58.8 Å². The van der Waals surface area contributed by atoms with E-state index in [0.717, 1.165) is 48.1 Å². The summed E-state index contributed by atoms with van der Waals surface area (Å²) in [6.45, 7) is 4.21. The lowest BCUT2D eigenvalue weighted by Gasteiger charge is -2.20. The largest absolute Gasteiger partial charge is 0.396 e. The molecule has 1 aliphatic carbocycles. The van der Waals surface area contributed by atoms with Gasteiger partial charge in [-0.15, -0.1) is 5.10 Å². The highest BCUT2D eigenvalue weighted by molar-refractivity contribution is 5.79. The molecular weight excluding hydrogens is 380 g/mol. The Hall–Kier alpha value is -2.58. The van der Waals surface area contributed by atoms with Crippen LogP contribution in [0, 0.1) is 0 Å². The van der Waals surface area contributed by atoms with E-state index in [4.69, 9.17) is 0 Å². The third-order valence-corrected chi connectivity index (χ3v) is 6.16. The van der Waals surface area contributed by atoms with Gasteiger partial charge in [-0.25, -0.2) is 4.68 Å². The van der Waals surface area contributed by atoms with Gasteiger partial charge in [0.1, 0.15) is 13.1 Å². The van der Waals surface area contributed by atoms with Crippen molar-refractivity contribution in [3.8, 4) is 0 Å². The summed E-state index contributed by atoms with van der Waals surface area (Å²) in [4.78, 5) is 16.9. The molecule has 1 unspecified atom stereocenters. The van der Waals surface area contributed by atoms with Gasteiger partial charge in [0.25, 0.3) is 5.56 Å². The van der Waals surface area contributed by atoms with Crippen molar-refractivity contribution in [1.82, 2.24) is 25.2 Å². The van der Waals surface area contributed by atoms with E-state index >= 15 is 0 Å². The Bertz CT molecular complexity index is 1040. The quantitative estimate of drug-likeness (QED) is 0.491. The lowest BCUT2D eigenvalue weighted by molar-refractivity contribution is -0.928. The molecule has 3 N–H and O–H groups in total. The first-order chi connectivity index (χ1) is 14.7. The second kappa shape index (κ2) is 9.49. The number of benzene rings is 1. The van der Waals surface area contributed by atoms with Crippen molar-refractivity contribution in [2.24, 2.45) is 0 Å². The molecule has 160 valence electrons. The Labute approximate surface area is 175 Å². The van der Waals surface area contributed by atoms with E-state index < -0.39 is 0 Å². The minimum absolute atomic E-state index is 0.0522. The van der Waals surface area contributed by atoms with Crippen molar-refractivity contribution < 1.29 is 10.0 Å². The summed E-state index contributed by atoms with van der Waals surface area (Å²) >= 11 is 0. The second-order valence-corrected chi connectivity index (χ2v) is 8.31. The summed E-state index contributed by atoms with van der Waals surface area (Å²) in [7, 11) is 0. The number of nitrogens with zero attached hydrogens (tertiary/aromatic N) is 4. The van der Waals surface area contributed by atoms with Crippen LogP contribution >= 0.6 is 0 Å². The van der Waals surface area contributed by atoms with Crippen LogP contribution in [0.1, 0.15) is 62.0 Å². The molecule has 8 heteroatoms.